The minimum absolute atomic E-state index is 0.0856. The SMILES string of the molecule is Nc1nc(N)nc([C@@H]2CC(O)CN2)n1. The summed E-state index contributed by atoms with van der Waals surface area (Å²) in [7, 11) is 0. The van der Waals surface area contributed by atoms with Crippen LogP contribution in [0.1, 0.15) is 18.3 Å². The largest absolute Gasteiger partial charge is 0.392 e. The van der Waals surface area contributed by atoms with Gasteiger partial charge in [0.15, 0.2) is 5.82 Å². The van der Waals surface area contributed by atoms with Crippen LogP contribution in [0, 0.1) is 0 Å². The molecule has 76 valence electrons. The molecule has 1 unspecified atom stereocenters. The molecule has 0 aromatic carbocycles. The van der Waals surface area contributed by atoms with Crippen molar-refractivity contribution in [2.75, 3.05) is 18.0 Å². The first-order valence-electron chi connectivity index (χ1n) is 4.33. The van der Waals surface area contributed by atoms with Crippen LogP contribution in [0.4, 0.5) is 11.9 Å². The summed E-state index contributed by atoms with van der Waals surface area (Å²) in [6.07, 6.45) is 0.210. The molecular weight excluding hydrogens is 184 g/mol. The maximum Gasteiger partial charge on any atom is 0.225 e. The molecule has 1 aromatic heterocycles. The van der Waals surface area contributed by atoms with Gasteiger partial charge >= 0.3 is 0 Å². The van der Waals surface area contributed by atoms with Crippen molar-refractivity contribution in [2.24, 2.45) is 0 Å². The fourth-order valence-electron chi connectivity index (χ4n) is 1.50. The summed E-state index contributed by atoms with van der Waals surface area (Å²) in [5.41, 5.74) is 10.9. The normalized spacial score (nSPS) is 26.6. The van der Waals surface area contributed by atoms with Crippen molar-refractivity contribution < 1.29 is 5.11 Å². The number of anilines is 2. The monoisotopic (exact) mass is 196 g/mol. The summed E-state index contributed by atoms with van der Waals surface area (Å²) in [6, 6.07) is -0.0856. The van der Waals surface area contributed by atoms with Crippen LogP contribution in [0.5, 0.6) is 0 Å². The number of β-amino-alcohol motifs (C(OH)–C–C–N with tert-alkyl or cyclic N) is 1. The van der Waals surface area contributed by atoms with E-state index in [9.17, 15) is 5.11 Å². The lowest BCUT2D eigenvalue weighted by molar-refractivity contribution is 0.193. The number of nitrogens with zero attached hydrogens (tertiary/aromatic N) is 3. The highest BCUT2D eigenvalue weighted by molar-refractivity contribution is 5.27. The molecule has 0 radical (unpaired) electrons. The Morgan fingerprint density at radius 2 is 1.86 bits per heavy atom. The number of nitrogen functional groups attached to an aromatic ring is 2. The van der Waals surface area contributed by atoms with E-state index in [0.717, 1.165) is 0 Å². The van der Waals surface area contributed by atoms with E-state index in [0.29, 0.717) is 18.8 Å². The fourth-order valence-corrected chi connectivity index (χ4v) is 1.50. The van der Waals surface area contributed by atoms with Gasteiger partial charge in [0.1, 0.15) is 0 Å². The number of nitrogens with two attached hydrogens (primary N) is 2. The van der Waals surface area contributed by atoms with Crippen molar-refractivity contribution in [2.45, 2.75) is 18.6 Å². The third-order valence-corrected chi connectivity index (χ3v) is 2.11. The van der Waals surface area contributed by atoms with Crippen molar-refractivity contribution in [3.8, 4) is 0 Å². The highest BCUT2D eigenvalue weighted by Crippen LogP contribution is 2.20. The van der Waals surface area contributed by atoms with Gasteiger partial charge in [0.25, 0.3) is 0 Å². The molecule has 6 N–H and O–H groups in total. The van der Waals surface area contributed by atoms with Crippen molar-refractivity contribution in [3.05, 3.63) is 5.82 Å². The topological polar surface area (TPSA) is 123 Å². The van der Waals surface area contributed by atoms with E-state index >= 15 is 0 Å². The van der Waals surface area contributed by atoms with Gasteiger partial charge in [-0.2, -0.15) is 15.0 Å². The minimum Gasteiger partial charge on any atom is -0.392 e. The first-order chi connectivity index (χ1) is 6.65. The summed E-state index contributed by atoms with van der Waals surface area (Å²) in [4.78, 5) is 11.6. The molecule has 1 saturated heterocycles. The van der Waals surface area contributed by atoms with Crippen LogP contribution in [-0.4, -0.2) is 32.7 Å². The Hall–Kier alpha value is -1.47. The fraction of sp³-hybridized carbons (Fsp3) is 0.571. The second-order valence-corrected chi connectivity index (χ2v) is 3.26. The van der Waals surface area contributed by atoms with E-state index in [2.05, 4.69) is 20.3 Å². The lowest BCUT2D eigenvalue weighted by Crippen LogP contribution is -2.18. The lowest BCUT2D eigenvalue weighted by atomic mass is 10.2. The quantitative estimate of drug-likeness (QED) is 0.428. The van der Waals surface area contributed by atoms with Crippen molar-refractivity contribution in [1.29, 1.82) is 0 Å². The van der Waals surface area contributed by atoms with Crippen molar-refractivity contribution in [3.63, 3.8) is 0 Å². The molecular formula is C7H12N6O. The highest BCUT2D eigenvalue weighted by atomic mass is 16.3. The molecule has 0 amide bonds. The molecule has 14 heavy (non-hydrogen) atoms. The number of aliphatic hydroxyl groups is 1. The Labute approximate surface area is 80.6 Å². The van der Waals surface area contributed by atoms with Crippen LogP contribution in [-0.2, 0) is 0 Å². The van der Waals surface area contributed by atoms with Crippen LogP contribution >= 0.6 is 0 Å². The number of hydrogen-bond acceptors (Lipinski definition) is 7. The summed E-state index contributed by atoms with van der Waals surface area (Å²) in [5, 5.41) is 12.4. The predicted molar refractivity (Wildman–Crippen MR) is 50.0 cm³/mol. The van der Waals surface area contributed by atoms with Crippen LogP contribution in [0.3, 0.4) is 0 Å². The van der Waals surface area contributed by atoms with E-state index in [-0.39, 0.29) is 24.0 Å². The molecule has 2 rings (SSSR count). The molecule has 0 bridgehead atoms. The Morgan fingerprint density at radius 1 is 1.21 bits per heavy atom. The summed E-state index contributed by atoms with van der Waals surface area (Å²) >= 11 is 0. The molecule has 0 saturated carbocycles. The predicted octanol–water partition coefficient (Wildman–Crippen LogP) is -1.57. The summed E-state index contributed by atoms with van der Waals surface area (Å²) in [5.74, 6) is 0.706. The van der Waals surface area contributed by atoms with Crippen LogP contribution < -0.4 is 16.8 Å². The number of nitrogens with one attached hydrogen (secondary N) is 1. The Balaban J connectivity index is 2.23. The van der Waals surface area contributed by atoms with Crippen LogP contribution in [0.15, 0.2) is 0 Å². The van der Waals surface area contributed by atoms with Gasteiger partial charge < -0.3 is 21.9 Å². The Bertz CT molecular complexity index is 323. The first kappa shape index (κ1) is 9.10. The van der Waals surface area contributed by atoms with Gasteiger partial charge in [0.05, 0.1) is 12.1 Å². The standard InChI is InChI=1S/C7H12N6O/c8-6-11-5(12-7(9)13-6)4-1-3(14)2-10-4/h3-4,10,14H,1-2H2,(H4,8,9,11,12,13)/t3?,4-/m0/s1. The van der Waals surface area contributed by atoms with E-state index < -0.39 is 0 Å². The zero-order valence-electron chi connectivity index (χ0n) is 7.51. The van der Waals surface area contributed by atoms with Gasteiger partial charge in [-0.25, -0.2) is 0 Å². The van der Waals surface area contributed by atoms with E-state index in [4.69, 9.17) is 11.5 Å². The maximum atomic E-state index is 9.30. The molecule has 1 aliphatic heterocycles. The van der Waals surface area contributed by atoms with Crippen LogP contribution in [0.25, 0.3) is 0 Å². The lowest BCUT2D eigenvalue weighted by Gasteiger charge is -2.08. The smallest absolute Gasteiger partial charge is 0.225 e. The zero-order chi connectivity index (χ0) is 10.1. The molecule has 0 spiro atoms. The number of hydrogen-bond donors (Lipinski definition) is 4. The average Bonchev–Trinajstić information content (AvgIpc) is 2.50. The van der Waals surface area contributed by atoms with Gasteiger partial charge in [0.2, 0.25) is 11.9 Å². The van der Waals surface area contributed by atoms with Crippen molar-refractivity contribution in [1.82, 2.24) is 20.3 Å². The highest BCUT2D eigenvalue weighted by Gasteiger charge is 2.26. The van der Waals surface area contributed by atoms with Gasteiger partial charge in [0, 0.05) is 6.54 Å². The van der Waals surface area contributed by atoms with E-state index in [1.54, 1.807) is 0 Å². The molecule has 1 fully saturated rings. The number of aromatic nitrogens is 3. The number of rotatable bonds is 1. The number of aliphatic hydroxyl groups excluding tert-OH is 1. The first-order valence-corrected chi connectivity index (χ1v) is 4.33. The van der Waals surface area contributed by atoms with Gasteiger partial charge in [-0.05, 0) is 6.42 Å². The molecule has 1 aliphatic rings. The maximum absolute atomic E-state index is 9.30. The second kappa shape index (κ2) is 3.35. The van der Waals surface area contributed by atoms with E-state index in [1.807, 2.05) is 0 Å². The van der Waals surface area contributed by atoms with E-state index in [1.165, 1.54) is 0 Å². The Kier molecular flexibility index (Phi) is 2.18. The van der Waals surface area contributed by atoms with Gasteiger partial charge in [-0.3, -0.25) is 0 Å². The summed E-state index contributed by atoms with van der Waals surface area (Å²) in [6.45, 7) is 0.538. The third kappa shape index (κ3) is 1.73. The summed E-state index contributed by atoms with van der Waals surface area (Å²) < 4.78 is 0. The molecule has 0 aliphatic carbocycles. The molecule has 2 atom stereocenters. The third-order valence-electron chi connectivity index (χ3n) is 2.11. The zero-order valence-corrected chi connectivity index (χ0v) is 7.51. The molecule has 1 aromatic rings. The van der Waals surface area contributed by atoms with Gasteiger partial charge in [-0.15, -0.1) is 0 Å². The minimum atomic E-state index is -0.362. The Morgan fingerprint density at radius 3 is 2.36 bits per heavy atom. The molecule has 7 heteroatoms. The molecule has 7 nitrogen and oxygen atoms in total. The van der Waals surface area contributed by atoms with Gasteiger partial charge in [-0.1, -0.05) is 0 Å². The van der Waals surface area contributed by atoms with Crippen LogP contribution in [0.2, 0.25) is 0 Å². The molecule has 2 heterocycles. The van der Waals surface area contributed by atoms with Crippen molar-refractivity contribution >= 4 is 11.9 Å². The second-order valence-electron chi connectivity index (χ2n) is 3.26. The average molecular weight is 196 g/mol.